The van der Waals surface area contributed by atoms with E-state index in [-0.39, 0.29) is 0 Å². The predicted molar refractivity (Wildman–Crippen MR) is 114 cm³/mol. The fraction of sp³-hybridized carbons (Fsp3) is 0.364. The lowest BCUT2D eigenvalue weighted by Gasteiger charge is -2.32. The normalized spacial score (nSPS) is 14.8. The standard InChI is InChI=1S/C22H26N4O3/c1-27-19-12-17-18(13-20(19)28-2)24-22(25-21(17)23)26-10-8-15(9-11-26)14-29-16-6-4-3-5-7-16/h3-7,12-13,15H,8-11,14H2,1-2H3,(H2,23,24,25). The van der Waals surface area contributed by atoms with Crippen LogP contribution in [0.5, 0.6) is 17.2 Å². The predicted octanol–water partition coefficient (Wildman–Crippen LogP) is 3.52. The highest BCUT2D eigenvalue weighted by Gasteiger charge is 2.23. The lowest BCUT2D eigenvalue weighted by atomic mass is 9.98. The first-order valence-corrected chi connectivity index (χ1v) is 9.80. The molecule has 0 aliphatic carbocycles. The van der Waals surface area contributed by atoms with E-state index in [0.29, 0.717) is 29.2 Å². The molecule has 2 aromatic carbocycles. The molecule has 1 aromatic heterocycles. The smallest absolute Gasteiger partial charge is 0.227 e. The van der Waals surface area contributed by atoms with Gasteiger partial charge in [-0.1, -0.05) is 18.2 Å². The van der Waals surface area contributed by atoms with Crippen molar-refractivity contribution in [2.75, 3.05) is 44.5 Å². The van der Waals surface area contributed by atoms with E-state index in [9.17, 15) is 0 Å². The minimum atomic E-state index is 0.445. The van der Waals surface area contributed by atoms with Crippen LogP contribution in [0.1, 0.15) is 12.8 Å². The summed E-state index contributed by atoms with van der Waals surface area (Å²) in [5, 5.41) is 0.762. The van der Waals surface area contributed by atoms with Crippen LogP contribution in [0.15, 0.2) is 42.5 Å². The number of methoxy groups -OCH3 is 2. The van der Waals surface area contributed by atoms with Crippen LogP contribution in [0.3, 0.4) is 0 Å². The van der Waals surface area contributed by atoms with Gasteiger partial charge in [-0.25, -0.2) is 4.98 Å². The summed E-state index contributed by atoms with van der Waals surface area (Å²) in [6.45, 7) is 2.48. The van der Waals surface area contributed by atoms with E-state index < -0.39 is 0 Å². The van der Waals surface area contributed by atoms with Crippen molar-refractivity contribution in [2.45, 2.75) is 12.8 Å². The van der Waals surface area contributed by atoms with Crippen molar-refractivity contribution in [3.8, 4) is 17.2 Å². The average molecular weight is 394 g/mol. The van der Waals surface area contributed by atoms with Crippen molar-refractivity contribution in [2.24, 2.45) is 5.92 Å². The number of nitrogens with zero attached hydrogens (tertiary/aromatic N) is 3. The zero-order valence-electron chi connectivity index (χ0n) is 16.8. The van der Waals surface area contributed by atoms with Gasteiger partial charge in [0.2, 0.25) is 5.95 Å². The number of benzene rings is 2. The van der Waals surface area contributed by atoms with Crippen molar-refractivity contribution in [1.29, 1.82) is 0 Å². The van der Waals surface area contributed by atoms with Gasteiger partial charge in [-0.3, -0.25) is 0 Å². The number of rotatable bonds is 6. The summed E-state index contributed by atoms with van der Waals surface area (Å²) in [7, 11) is 3.21. The van der Waals surface area contributed by atoms with Crippen LogP contribution >= 0.6 is 0 Å². The van der Waals surface area contributed by atoms with Gasteiger partial charge in [0.1, 0.15) is 11.6 Å². The zero-order chi connectivity index (χ0) is 20.2. The Balaban J connectivity index is 1.45. The van der Waals surface area contributed by atoms with Gasteiger partial charge in [0, 0.05) is 24.5 Å². The number of ether oxygens (including phenoxy) is 3. The first kappa shape index (κ1) is 19.1. The van der Waals surface area contributed by atoms with E-state index in [1.807, 2.05) is 42.5 Å². The quantitative estimate of drug-likeness (QED) is 0.685. The van der Waals surface area contributed by atoms with Crippen molar-refractivity contribution in [3.05, 3.63) is 42.5 Å². The second-order valence-electron chi connectivity index (χ2n) is 7.19. The molecule has 0 radical (unpaired) electrons. The number of hydrogen-bond donors (Lipinski definition) is 1. The molecule has 152 valence electrons. The van der Waals surface area contributed by atoms with E-state index >= 15 is 0 Å². The van der Waals surface area contributed by atoms with Crippen LogP contribution in [0, 0.1) is 5.92 Å². The summed E-state index contributed by atoms with van der Waals surface area (Å²) < 4.78 is 16.7. The Morgan fingerprint density at radius 3 is 2.38 bits per heavy atom. The molecule has 1 fully saturated rings. The maximum absolute atomic E-state index is 6.22. The Bertz CT molecular complexity index is 973. The third kappa shape index (κ3) is 4.13. The third-order valence-electron chi connectivity index (χ3n) is 5.35. The van der Waals surface area contributed by atoms with Crippen molar-refractivity contribution in [1.82, 2.24) is 9.97 Å². The molecule has 2 heterocycles. The molecule has 0 bridgehead atoms. The van der Waals surface area contributed by atoms with Gasteiger partial charge in [0.05, 0.1) is 26.3 Å². The number of nitrogen functional groups attached to an aromatic ring is 1. The lowest BCUT2D eigenvalue weighted by molar-refractivity contribution is 0.222. The summed E-state index contributed by atoms with van der Waals surface area (Å²) in [4.78, 5) is 11.5. The SMILES string of the molecule is COc1cc2nc(N3CCC(COc4ccccc4)CC3)nc(N)c2cc1OC. The molecule has 0 atom stereocenters. The first-order chi connectivity index (χ1) is 14.2. The van der Waals surface area contributed by atoms with Crippen LogP contribution in [0.25, 0.3) is 10.9 Å². The molecule has 0 saturated carbocycles. The molecule has 1 saturated heterocycles. The highest BCUT2D eigenvalue weighted by atomic mass is 16.5. The molecule has 2 N–H and O–H groups in total. The topological polar surface area (TPSA) is 82.7 Å². The average Bonchev–Trinajstić information content (AvgIpc) is 2.77. The van der Waals surface area contributed by atoms with Crippen LogP contribution < -0.4 is 24.8 Å². The van der Waals surface area contributed by atoms with E-state index in [2.05, 4.69) is 9.88 Å². The summed E-state index contributed by atoms with van der Waals surface area (Å²) in [6.07, 6.45) is 2.06. The van der Waals surface area contributed by atoms with Gasteiger partial charge in [0.15, 0.2) is 11.5 Å². The summed E-state index contributed by atoms with van der Waals surface area (Å²) in [5.74, 6) is 3.78. The molecule has 0 unspecified atom stereocenters. The van der Waals surface area contributed by atoms with Crippen LogP contribution in [0.2, 0.25) is 0 Å². The zero-order valence-corrected chi connectivity index (χ0v) is 16.8. The summed E-state index contributed by atoms with van der Waals surface area (Å²) in [5.41, 5.74) is 6.97. The molecule has 7 heteroatoms. The number of piperidine rings is 1. The molecule has 7 nitrogen and oxygen atoms in total. The molecular formula is C22H26N4O3. The summed E-state index contributed by atoms with van der Waals surface area (Å²) in [6, 6.07) is 13.6. The van der Waals surface area contributed by atoms with Gasteiger partial charge < -0.3 is 24.8 Å². The lowest BCUT2D eigenvalue weighted by Crippen LogP contribution is -2.36. The van der Waals surface area contributed by atoms with Gasteiger partial charge >= 0.3 is 0 Å². The molecule has 0 spiro atoms. The van der Waals surface area contributed by atoms with E-state index in [1.54, 1.807) is 14.2 Å². The van der Waals surface area contributed by atoms with Crippen LogP contribution in [0.4, 0.5) is 11.8 Å². The fourth-order valence-electron chi connectivity index (χ4n) is 3.64. The Labute approximate surface area is 170 Å². The third-order valence-corrected chi connectivity index (χ3v) is 5.35. The Morgan fingerprint density at radius 1 is 1.00 bits per heavy atom. The van der Waals surface area contributed by atoms with Gasteiger partial charge in [-0.2, -0.15) is 4.98 Å². The number of fused-ring (bicyclic) bond motifs is 1. The van der Waals surface area contributed by atoms with E-state index in [4.69, 9.17) is 24.9 Å². The van der Waals surface area contributed by atoms with Crippen LogP contribution in [-0.4, -0.2) is 43.9 Å². The minimum absolute atomic E-state index is 0.445. The molecule has 0 amide bonds. The second-order valence-corrected chi connectivity index (χ2v) is 7.19. The van der Waals surface area contributed by atoms with Gasteiger partial charge in [0.25, 0.3) is 0 Å². The number of nitrogens with two attached hydrogens (primary N) is 1. The van der Waals surface area contributed by atoms with E-state index in [0.717, 1.165) is 49.2 Å². The highest BCUT2D eigenvalue weighted by Crippen LogP contribution is 2.34. The minimum Gasteiger partial charge on any atom is -0.493 e. The maximum Gasteiger partial charge on any atom is 0.227 e. The van der Waals surface area contributed by atoms with E-state index in [1.165, 1.54) is 0 Å². The fourth-order valence-corrected chi connectivity index (χ4v) is 3.64. The molecular weight excluding hydrogens is 368 g/mol. The summed E-state index contributed by atoms with van der Waals surface area (Å²) >= 11 is 0. The van der Waals surface area contributed by atoms with Gasteiger partial charge in [-0.05, 0) is 37.0 Å². The van der Waals surface area contributed by atoms with Crippen LogP contribution in [-0.2, 0) is 0 Å². The molecule has 1 aliphatic heterocycles. The van der Waals surface area contributed by atoms with Crippen molar-refractivity contribution < 1.29 is 14.2 Å². The van der Waals surface area contributed by atoms with Crippen molar-refractivity contribution >= 4 is 22.7 Å². The number of hydrogen-bond acceptors (Lipinski definition) is 7. The number of para-hydroxylation sites is 1. The molecule has 1 aliphatic rings. The molecule has 3 aromatic rings. The molecule has 29 heavy (non-hydrogen) atoms. The highest BCUT2D eigenvalue weighted by molar-refractivity contribution is 5.91. The van der Waals surface area contributed by atoms with Gasteiger partial charge in [-0.15, -0.1) is 0 Å². The number of aromatic nitrogens is 2. The monoisotopic (exact) mass is 394 g/mol. The first-order valence-electron chi connectivity index (χ1n) is 9.80. The Hall–Kier alpha value is -3.22. The maximum atomic E-state index is 6.22. The Kier molecular flexibility index (Phi) is 5.55. The second kappa shape index (κ2) is 8.43. The largest absolute Gasteiger partial charge is 0.493 e. The molecule has 4 rings (SSSR count). The van der Waals surface area contributed by atoms with Crippen molar-refractivity contribution in [3.63, 3.8) is 0 Å². The Morgan fingerprint density at radius 2 is 1.69 bits per heavy atom. The number of anilines is 2.